The molecule has 19 heavy (non-hydrogen) atoms. The zero-order chi connectivity index (χ0) is 13.9. The number of nitrogens with two attached hydrogens (primary N) is 1. The molecule has 1 aromatic rings. The van der Waals surface area contributed by atoms with E-state index < -0.39 is 5.41 Å². The largest absolute Gasteiger partial charge is 0.392 e. The Hall–Kier alpha value is -1.08. The van der Waals surface area contributed by atoms with Crippen molar-refractivity contribution in [3.05, 3.63) is 5.01 Å². The minimum atomic E-state index is -0.703. The quantitative estimate of drug-likeness (QED) is 0.833. The smallest absolute Gasteiger partial charge is 0.239 e. The van der Waals surface area contributed by atoms with E-state index in [9.17, 15) is 4.79 Å². The maximum absolute atomic E-state index is 12.5. The molecule has 7 heteroatoms. The number of carbonyl (C=O) groups is 1. The fourth-order valence-corrected chi connectivity index (χ4v) is 3.38. The normalized spacial score (nSPS) is 17.9. The second-order valence-corrected chi connectivity index (χ2v) is 6.32. The monoisotopic (exact) mass is 298 g/mol. The van der Waals surface area contributed by atoms with Crippen LogP contribution in [0, 0.1) is 5.41 Å². The first-order valence-corrected chi connectivity index (χ1v) is 7.74. The van der Waals surface area contributed by atoms with Crippen molar-refractivity contribution in [1.82, 2.24) is 10.2 Å². The van der Waals surface area contributed by atoms with Gasteiger partial charge in [0.25, 0.3) is 0 Å². The standard InChI is InChI=1S/C12H18N4OS2/c1-2-8-15-16-11(19-8)14-10(17)12(9(13)18)6-4-3-5-7-12/h2-7H2,1H3,(H2,13,18)(H,14,16,17). The maximum atomic E-state index is 12.5. The Balaban J connectivity index is 2.13. The lowest BCUT2D eigenvalue weighted by atomic mass is 9.73. The zero-order valence-electron chi connectivity index (χ0n) is 10.9. The molecule has 1 aliphatic carbocycles. The van der Waals surface area contributed by atoms with E-state index in [1.807, 2.05) is 6.92 Å². The third kappa shape index (κ3) is 2.92. The number of carbonyl (C=O) groups excluding carboxylic acids is 1. The van der Waals surface area contributed by atoms with Crippen molar-refractivity contribution in [3.63, 3.8) is 0 Å². The predicted octanol–water partition coefficient (Wildman–Crippen LogP) is 2.28. The van der Waals surface area contributed by atoms with Gasteiger partial charge in [0.05, 0.1) is 10.4 Å². The van der Waals surface area contributed by atoms with Crippen molar-refractivity contribution < 1.29 is 4.79 Å². The average molecular weight is 298 g/mol. The van der Waals surface area contributed by atoms with Gasteiger partial charge in [-0.25, -0.2) is 0 Å². The molecular weight excluding hydrogens is 280 g/mol. The molecule has 2 rings (SSSR count). The van der Waals surface area contributed by atoms with Gasteiger partial charge in [-0.3, -0.25) is 10.1 Å². The number of hydrogen-bond donors (Lipinski definition) is 2. The van der Waals surface area contributed by atoms with Gasteiger partial charge in [0.2, 0.25) is 11.0 Å². The van der Waals surface area contributed by atoms with Crippen LogP contribution in [0.3, 0.4) is 0 Å². The third-order valence-corrected chi connectivity index (χ3v) is 4.98. The molecule has 1 aliphatic rings. The lowest BCUT2D eigenvalue weighted by Crippen LogP contribution is -2.47. The van der Waals surface area contributed by atoms with Gasteiger partial charge in [0, 0.05) is 0 Å². The molecule has 1 aromatic heterocycles. The first-order chi connectivity index (χ1) is 9.08. The van der Waals surface area contributed by atoms with Gasteiger partial charge in [-0.15, -0.1) is 10.2 Å². The van der Waals surface area contributed by atoms with Crippen LogP contribution in [0.2, 0.25) is 0 Å². The molecule has 0 radical (unpaired) electrons. The Bertz CT molecular complexity index is 480. The number of hydrogen-bond acceptors (Lipinski definition) is 5. The average Bonchev–Trinajstić information content (AvgIpc) is 2.87. The van der Waals surface area contributed by atoms with E-state index in [1.165, 1.54) is 11.3 Å². The molecule has 0 saturated heterocycles. The second kappa shape index (κ2) is 5.92. The Morgan fingerprint density at radius 1 is 1.42 bits per heavy atom. The second-order valence-electron chi connectivity index (χ2n) is 4.82. The van der Waals surface area contributed by atoms with E-state index in [4.69, 9.17) is 18.0 Å². The van der Waals surface area contributed by atoms with Crippen LogP contribution in [0.25, 0.3) is 0 Å². The molecule has 104 valence electrons. The number of nitrogens with one attached hydrogen (secondary N) is 1. The molecular formula is C12H18N4OS2. The van der Waals surface area contributed by atoms with Gasteiger partial charge in [-0.2, -0.15) is 0 Å². The number of thiocarbonyl (C=S) groups is 1. The fourth-order valence-electron chi connectivity index (χ4n) is 2.40. The van der Waals surface area contributed by atoms with E-state index in [0.717, 1.165) is 43.5 Å². The van der Waals surface area contributed by atoms with Crippen LogP contribution in [-0.2, 0) is 11.2 Å². The molecule has 0 unspecified atom stereocenters. The van der Waals surface area contributed by atoms with Gasteiger partial charge < -0.3 is 5.73 Å². The number of aryl methyl sites for hydroxylation is 1. The predicted molar refractivity (Wildman–Crippen MR) is 80.2 cm³/mol. The van der Waals surface area contributed by atoms with Crippen molar-refractivity contribution >= 4 is 39.6 Å². The highest BCUT2D eigenvalue weighted by molar-refractivity contribution is 7.80. The first kappa shape index (κ1) is 14.3. The molecule has 1 heterocycles. The molecule has 1 amide bonds. The molecule has 1 saturated carbocycles. The Morgan fingerprint density at radius 2 is 2.11 bits per heavy atom. The molecule has 1 fully saturated rings. The van der Waals surface area contributed by atoms with E-state index >= 15 is 0 Å². The molecule has 0 spiro atoms. The lowest BCUT2D eigenvalue weighted by molar-refractivity contribution is -0.123. The van der Waals surface area contributed by atoms with Crippen molar-refractivity contribution in [2.75, 3.05) is 5.32 Å². The van der Waals surface area contributed by atoms with Gasteiger partial charge in [-0.05, 0) is 19.3 Å². The van der Waals surface area contributed by atoms with Crippen molar-refractivity contribution in [2.24, 2.45) is 11.1 Å². The Labute approximate surface area is 122 Å². The van der Waals surface area contributed by atoms with Crippen LogP contribution in [0.5, 0.6) is 0 Å². The highest BCUT2D eigenvalue weighted by atomic mass is 32.1. The summed E-state index contributed by atoms with van der Waals surface area (Å²) in [5.74, 6) is -0.126. The number of aromatic nitrogens is 2. The van der Waals surface area contributed by atoms with Gasteiger partial charge in [-0.1, -0.05) is 49.7 Å². The Kier molecular flexibility index (Phi) is 4.46. The summed E-state index contributed by atoms with van der Waals surface area (Å²) in [7, 11) is 0. The maximum Gasteiger partial charge on any atom is 0.239 e. The van der Waals surface area contributed by atoms with Gasteiger partial charge in [0.1, 0.15) is 5.01 Å². The van der Waals surface area contributed by atoms with Crippen molar-refractivity contribution in [2.45, 2.75) is 45.4 Å². The zero-order valence-corrected chi connectivity index (χ0v) is 12.6. The SMILES string of the molecule is CCc1nnc(NC(=O)C2(C(N)=S)CCCCC2)s1. The minimum Gasteiger partial charge on any atom is -0.392 e. The number of rotatable bonds is 4. The molecule has 0 atom stereocenters. The van der Waals surface area contributed by atoms with E-state index in [-0.39, 0.29) is 5.91 Å². The van der Waals surface area contributed by atoms with Crippen LogP contribution in [-0.4, -0.2) is 21.1 Å². The van der Waals surface area contributed by atoms with Gasteiger partial charge >= 0.3 is 0 Å². The Morgan fingerprint density at radius 3 is 2.63 bits per heavy atom. The van der Waals surface area contributed by atoms with E-state index in [2.05, 4.69) is 15.5 Å². The van der Waals surface area contributed by atoms with Crippen LogP contribution < -0.4 is 11.1 Å². The van der Waals surface area contributed by atoms with Crippen molar-refractivity contribution in [3.8, 4) is 0 Å². The summed E-state index contributed by atoms with van der Waals surface area (Å²) in [4.78, 5) is 12.8. The summed E-state index contributed by atoms with van der Waals surface area (Å²) < 4.78 is 0. The van der Waals surface area contributed by atoms with Gasteiger partial charge in [0.15, 0.2) is 0 Å². The minimum absolute atomic E-state index is 0.126. The number of anilines is 1. The number of amides is 1. The van der Waals surface area contributed by atoms with Crippen LogP contribution in [0.15, 0.2) is 0 Å². The van der Waals surface area contributed by atoms with E-state index in [0.29, 0.717) is 10.1 Å². The summed E-state index contributed by atoms with van der Waals surface area (Å²) in [5.41, 5.74) is 5.12. The topological polar surface area (TPSA) is 80.9 Å². The summed E-state index contributed by atoms with van der Waals surface area (Å²) in [6, 6.07) is 0. The van der Waals surface area contributed by atoms with Crippen LogP contribution in [0.1, 0.15) is 44.0 Å². The summed E-state index contributed by atoms with van der Waals surface area (Å²) >= 11 is 6.53. The first-order valence-electron chi connectivity index (χ1n) is 6.52. The van der Waals surface area contributed by atoms with E-state index in [1.54, 1.807) is 0 Å². The molecule has 5 nitrogen and oxygen atoms in total. The molecule has 0 bridgehead atoms. The lowest BCUT2D eigenvalue weighted by Gasteiger charge is -2.34. The summed E-state index contributed by atoms with van der Waals surface area (Å²) in [6.07, 6.45) is 5.38. The fraction of sp³-hybridized carbons (Fsp3) is 0.667. The van der Waals surface area contributed by atoms with Crippen LogP contribution >= 0.6 is 23.6 Å². The molecule has 3 N–H and O–H groups in total. The highest BCUT2D eigenvalue weighted by Gasteiger charge is 2.42. The third-order valence-electron chi connectivity index (χ3n) is 3.60. The molecule has 0 aromatic carbocycles. The molecule has 0 aliphatic heterocycles. The summed E-state index contributed by atoms with van der Waals surface area (Å²) in [5, 5.41) is 12.2. The number of nitrogens with zero attached hydrogens (tertiary/aromatic N) is 2. The summed E-state index contributed by atoms with van der Waals surface area (Å²) in [6.45, 7) is 2.00. The highest BCUT2D eigenvalue weighted by Crippen LogP contribution is 2.38. The van der Waals surface area contributed by atoms with Crippen molar-refractivity contribution in [1.29, 1.82) is 0 Å². The van der Waals surface area contributed by atoms with Crippen LogP contribution in [0.4, 0.5) is 5.13 Å².